The second kappa shape index (κ2) is 5.17. The molecule has 1 saturated heterocycles. The molecule has 19 heavy (non-hydrogen) atoms. The van der Waals surface area contributed by atoms with Gasteiger partial charge in [0.25, 0.3) is 0 Å². The molecule has 98 valence electrons. The van der Waals surface area contributed by atoms with Crippen LogP contribution in [0.1, 0.15) is 6.42 Å². The summed E-state index contributed by atoms with van der Waals surface area (Å²) in [5, 5.41) is 0. The lowest BCUT2D eigenvalue weighted by Gasteiger charge is -2.25. The number of nitrogens with zero attached hydrogens (tertiary/aromatic N) is 6. The molecular formula is C13H16N6. The minimum absolute atomic E-state index is 0.442. The molecule has 0 spiro atoms. The van der Waals surface area contributed by atoms with E-state index < -0.39 is 0 Å². The summed E-state index contributed by atoms with van der Waals surface area (Å²) in [7, 11) is 2.08. The van der Waals surface area contributed by atoms with Crippen LogP contribution in [0.5, 0.6) is 0 Å². The van der Waals surface area contributed by atoms with E-state index in [1.807, 2.05) is 12.3 Å². The van der Waals surface area contributed by atoms with E-state index in [0.29, 0.717) is 6.04 Å². The third-order valence-corrected chi connectivity index (χ3v) is 3.51. The summed E-state index contributed by atoms with van der Waals surface area (Å²) in [6.07, 6.45) is 9.69. The van der Waals surface area contributed by atoms with Crippen LogP contribution in [0.25, 0.3) is 0 Å². The maximum Gasteiger partial charge on any atom is 0.147 e. The lowest BCUT2D eigenvalue weighted by atomic mass is 10.2. The number of rotatable bonds is 3. The summed E-state index contributed by atoms with van der Waals surface area (Å²) in [5.74, 6) is 1.90. The lowest BCUT2D eigenvalue weighted by molar-refractivity contribution is 0.683. The van der Waals surface area contributed by atoms with E-state index in [-0.39, 0.29) is 0 Å². The molecule has 0 radical (unpaired) electrons. The summed E-state index contributed by atoms with van der Waals surface area (Å²) in [6, 6.07) is 2.38. The summed E-state index contributed by atoms with van der Waals surface area (Å²) < 4.78 is 0. The van der Waals surface area contributed by atoms with Crippen LogP contribution in [0.3, 0.4) is 0 Å². The van der Waals surface area contributed by atoms with Crippen molar-refractivity contribution in [3.8, 4) is 0 Å². The van der Waals surface area contributed by atoms with Crippen LogP contribution in [0.2, 0.25) is 0 Å². The molecule has 0 bridgehead atoms. The van der Waals surface area contributed by atoms with Gasteiger partial charge in [-0.25, -0.2) is 15.0 Å². The van der Waals surface area contributed by atoms with Crippen molar-refractivity contribution in [2.45, 2.75) is 12.5 Å². The van der Waals surface area contributed by atoms with Crippen LogP contribution in [0, 0.1) is 0 Å². The van der Waals surface area contributed by atoms with E-state index in [0.717, 1.165) is 31.1 Å². The normalized spacial score (nSPS) is 18.6. The number of aromatic nitrogens is 4. The van der Waals surface area contributed by atoms with E-state index in [1.54, 1.807) is 24.9 Å². The molecule has 0 aromatic carbocycles. The highest BCUT2D eigenvalue weighted by Gasteiger charge is 2.27. The molecule has 1 aliphatic heterocycles. The molecule has 0 N–H and O–H groups in total. The van der Waals surface area contributed by atoms with Gasteiger partial charge < -0.3 is 9.80 Å². The molecule has 6 nitrogen and oxygen atoms in total. The molecule has 3 rings (SSSR count). The maximum atomic E-state index is 4.35. The molecular weight excluding hydrogens is 240 g/mol. The van der Waals surface area contributed by atoms with E-state index in [9.17, 15) is 0 Å². The van der Waals surface area contributed by atoms with Gasteiger partial charge in [-0.3, -0.25) is 4.98 Å². The zero-order valence-electron chi connectivity index (χ0n) is 10.8. The van der Waals surface area contributed by atoms with Crippen LogP contribution < -0.4 is 9.80 Å². The molecule has 1 unspecified atom stereocenters. The van der Waals surface area contributed by atoms with Gasteiger partial charge in [0.1, 0.15) is 18.0 Å². The standard InChI is InChI=1S/C13H16N6/c1-18(12-2-4-15-10-17-12)11-3-7-19(9-11)13-8-14-5-6-16-13/h2,4-6,8,10-11H,3,7,9H2,1H3. The Labute approximate surface area is 112 Å². The highest BCUT2D eigenvalue weighted by molar-refractivity contribution is 5.42. The van der Waals surface area contributed by atoms with E-state index in [1.165, 1.54) is 0 Å². The van der Waals surface area contributed by atoms with Crippen molar-refractivity contribution in [2.24, 2.45) is 0 Å². The molecule has 0 saturated carbocycles. The van der Waals surface area contributed by atoms with E-state index in [2.05, 4.69) is 36.8 Å². The first-order valence-electron chi connectivity index (χ1n) is 6.34. The Morgan fingerprint density at radius 3 is 2.89 bits per heavy atom. The Bertz CT molecular complexity index is 517. The maximum absolute atomic E-state index is 4.35. The van der Waals surface area contributed by atoms with Gasteiger partial charge in [0.05, 0.1) is 6.20 Å². The average Bonchev–Trinajstić information content (AvgIpc) is 2.98. The van der Waals surface area contributed by atoms with Crippen LogP contribution in [-0.4, -0.2) is 46.1 Å². The average molecular weight is 256 g/mol. The number of likely N-dealkylation sites (N-methyl/N-ethyl adjacent to an activating group) is 1. The molecule has 6 heteroatoms. The molecule has 3 heterocycles. The predicted octanol–water partition coefficient (Wildman–Crippen LogP) is 0.982. The Morgan fingerprint density at radius 1 is 1.21 bits per heavy atom. The van der Waals surface area contributed by atoms with Crippen molar-refractivity contribution in [1.29, 1.82) is 0 Å². The fraction of sp³-hybridized carbons (Fsp3) is 0.385. The first-order chi connectivity index (χ1) is 9.34. The van der Waals surface area contributed by atoms with Gasteiger partial charge in [0.2, 0.25) is 0 Å². The third kappa shape index (κ3) is 2.47. The summed E-state index contributed by atoms with van der Waals surface area (Å²) >= 11 is 0. The van der Waals surface area contributed by atoms with Gasteiger partial charge in [-0.15, -0.1) is 0 Å². The van der Waals surface area contributed by atoms with Gasteiger partial charge >= 0.3 is 0 Å². The zero-order valence-corrected chi connectivity index (χ0v) is 10.8. The highest BCUT2D eigenvalue weighted by atomic mass is 15.3. The molecule has 1 atom stereocenters. The van der Waals surface area contributed by atoms with Crippen molar-refractivity contribution >= 4 is 11.6 Å². The number of hydrogen-bond donors (Lipinski definition) is 0. The first kappa shape index (κ1) is 11.8. The summed E-state index contributed by atoms with van der Waals surface area (Å²) in [4.78, 5) is 21.2. The van der Waals surface area contributed by atoms with Gasteiger partial charge in [-0.05, 0) is 12.5 Å². The fourth-order valence-corrected chi connectivity index (χ4v) is 2.40. The fourth-order valence-electron chi connectivity index (χ4n) is 2.40. The molecule has 2 aromatic rings. The number of anilines is 2. The van der Waals surface area contributed by atoms with Gasteiger partial charge in [0.15, 0.2) is 0 Å². The SMILES string of the molecule is CN(c1ccncn1)C1CCN(c2cnccn2)C1. The van der Waals surface area contributed by atoms with Crippen LogP contribution in [-0.2, 0) is 0 Å². The monoisotopic (exact) mass is 256 g/mol. The Balaban J connectivity index is 1.69. The quantitative estimate of drug-likeness (QED) is 0.816. The van der Waals surface area contributed by atoms with Crippen LogP contribution in [0.4, 0.5) is 11.6 Å². The first-order valence-corrected chi connectivity index (χ1v) is 6.34. The Hall–Kier alpha value is -2.24. The highest BCUT2D eigenvalue weighted by Crippen LogP contribution is 2.22. The molecule has 1 fully saturated rings. The molecule has 0 amide bonds. The topological polar surface area (TPSA) is 58.0 Å². The van der Waals surface area contributed by atoms with Gasteiger partial charge in [-0.1, -0.05) is 0 Å². The molecule has 2 aromatic heterocycles. The number of hydrogen-bond acceptors (Lipinski definition) is 6. The molecule has 0 aliphatic carbocycles. The van der Waals surface area contributed by atoms with Crippen molar-refractivity contribution in [1.82, 2.24) is 19.9 Å². The predicted molar refractivity (Wildman–Crippen MR) is 73.1 cm³/mol. The van der Waals surface area contributed by atoms with Crippen LogP contribution >= 0.6 is 0 Å². The smallest absolute Gasteiger partial charge is 0.147 e. The Kier molecular flexibility index (Phi) is 3.22. The van der Waals surface area contributed by atoms with E-state index in [4.69, 9.17) is 0 Å². The minimum atomic E-state index is 0.442. The second-order valence-electron chi connectivity index (χ2n) is 4.63. The third-order valence-electron chi connectivity index (χ3n) is 3.51. The van der Waals surface area contributed by atoms with Gasteiger partial charge in [0, 0.05) is 44.8 Å². The van der Waals surface area contributed by atoms with Crippen molar-refractivity contribution < 1.29 is 0 Å². The minimum Gasteiger partial charge on any atom is -0.355 e. The van der Waals surface area contributed by atoms with Crippen LogP contribution in [0.15, 0.2) is 37.2 Å². The van der Waals surface area contributed by atoms with Gasteiger partial charge in [-0.2, -0.15) is 0 Å². The summed E-state index contributed by atoms with van der Waals surface area (Å²) in [6.45, 7) is 1.94. The Morgan fingerprint density at radius 2 is 2.16 bits per heavy atom. The lowest BCUT2D eigenvalue weighted by Crippen LogP contribution is -2.35. The largest absolute Gasteiger partial charge is 0.355 e. The van der Waals surface area contributed by atoms with Crippen molar-refractivity contribution in [3.05, 3.63) is 37.2 Å². The molecule has 1 aliphatic rings. The zero-order chi connectivity index (χ0) is 13.1. The van der Waals surface area contributed by atoms with Crippen molar-refractivity contribution in [3.63, 3.8) is 0 Å². The van der Waals surface area contributed by atoms with E-state index >= 15 is 0 Å². The van der Waals surface area contributed by atoms with Crippen molar-refractivity contribution in [2.75, 3.05) is 29.9 Å². The summed E-state index contributed by atoms with van der Waals surface area (Å²) in [5.41, 5.74) is 0. The second-order valence-corrected chi connectivity index (χ2v) is 4.63.